The van der Waals surface area contributed by atoms with Crippen LogP contribution in [0.1, 0.15) is 41.5 Å². The van der Waals surface area contributed by atoms with Gasteiger partial charge >= 0.3 is 18.5 Å². The third kappa shape index (κ3) is 5.62. The van der Waals surface area contributed by atoms with Crippen molar-refractivity contribution in [2.75, 3.05) is 18.2 Å². The molecule has 1 aliphatic rings. The van der Waals surface area contributed by atoms with E-state index in [4.69, 9.17) is 9.47 Å². The van der Waals surface area contributed by atoms with Crippen LogP contribution >= 0.6 is 7.14 Å². The van der Waals surface area contributed by atoms with Crippen molar-refractivity contribution in [2.24, 2.45) is 0 Å². The standard InChI is InChI=1S/C19H26F2NO7P/c1-17(2,3)28-15(23)22(16(24)29-18(4,5)6)11-9-10-12(30(7,8)25)14-13(11)26-19(20,21)27-14/h9-10H,1-8H3. The van der Waals surface area contributed by atoms with Crippen molar-refractivity contribution in [3.05, 3.63) is 12.1 Å². The van der Waals surface area contributed by atoms with Gasteiger partial charge in [0, 0.05) is 0 Å². The van der Waals surface area contributed by atoms with Gasteiger partial charge in [0.25, 0.3) is 0 Å². The number of carbonyl (C=O) groups excluding carboxylic acids is 2. The second-order valence-corrected chi connectivity index (χ2v) is 12.3. The summed E-state index contributed by atoms with van der Waals surface area (Å²) in [5.41, 5.74) is -2.38. The van der Waals surface area contributed by atoms with Crippen molar-refractivity contribution in [3.8, 4) is 11.5 Å². The summed E-state index contributed by atoms with van der Waals surface area (Å²) < 4.78 is 60.0. The number of amides is 2. The number of hydrogen-bond acceptors (Lipinski definition) is 7. The van der Waals surface area contributed by atoms with Crippen LogP contribution in [-0.4, -0.2) is 43.0 Å². The first-order valence-electron chi connectivity index (χ1n) is 9.05. The fourth-order valence-corrected chi connectivity index (χ4v) is 3.55. The lowest BCUT2D eigenvalue weighted by Gasteiger charge is -2.29. The second-order valence-electron chi connectivity index (χ2n) is 9.08. The van der Waals surface area contributed by atoms with Gasteiger partial charge in [-0.25, -0.2) is 9.59 Å². The molecule has 0 saturated heterocycles. The van der Waals surface area contributed by atoms with Crippen LogP contribution in [-0.2, 0) is 14.0 Å². The lowest BCUT2D eigenvalue weighted by atomic mass is 10.2. The van der Waals surface area contributed by atoms with Crippen LogP contribution in [0.15, 0.2) is 12.1 Å². The molecule has 0 fully saturated rings. The Bertz CT molecular complexity index is 885. The van der Waals surface area contributed by atoms with E-state index in [1.165, 1.54) is 19.4 Å². The van der Waals surface area contributed by atoms with E-state index in [2.05, 4.69) is 9.47 Å². The zero-order valence-electron chi connectivity index (χ0n) is 18.2. The smallest absolute Gasteiger partial charge is 0.443 e. The Morgan fingerprint density at radius 3 is 1.77 bits per heavy atom. The first-order valence-corrected chi connectivity index (χ1v) is 11.7. The molecule has 30 heavy (non-hydrogen) atoms. The molecule has 0 radical (unpaired) electrons. The van der Waals surface area contributed by atoms with E-state index >= 15 is 0 Å². The molecule has 0 unspecified atom stereocenters. The van der Waals surface area contributed by atoms with E-state index in [9.17, 15) is 22.9 Å². The molecule has 0 bridgehead atoms. The lowest BCUT2D eigenvalue weighted by Crippen LogP contribution is -2.44. The normalized spacial score (nSPS) is 15.5. The SMILES string of the molecule is CC(C)(C)OC(=O)N(C(=O)OC(C)(C)C)c1ccc(P(C)(C)=O)c2c1OC(F)(F)O2. The number of nitrogens with zero attached hydrogens (tertiary/aromatic N) is 1. The van der Waals surface area contributed by atoms with Gasteiger partial charge in [-0.1, -0.05) is 0 Å². The Kier molecular flexibility index (Phi) is 5.91. The van der Waals surface area contributed by atoms with E-state index in [-0.39, 0.29) is 11.0 Å². The van der Waals surface area contributed by atoms with E-state index in [0.29, 0.717) is 4.90 Å². The third-order valence-corrected chi connectivity index (χ3v) is 5.00. The van der Waals surface area contributed by atoms with Gasteiger partial charge in [0.1, 0.15) is 24.0 Å². The summed E-state index contributed by atoms with van der Waals surface area (Å²) in [5.74, 6) is -1.12. The quantitative estimate of drug-likeness (QED) is 0.591. The average Bonchev–Trinajstić information content (AvgIpc) is 2.77. The summed E-state index contributed by atoms with van der Waals surface area (Å²) >= 11 is 0. The number of hydrogen-bond donors (Lipinski definition) is 0. The molecule has 0 spiro atoms. The number of anilines is 1. The average molecular weight is 449 g/mol. The number of alkyl halides is 2. The van der Waals surface area contributed by atoms with Crippen LogP contribution in [0, 0.1) is 0 Å². The molecule has 0 saturated carbocycles. The number of imide groups is 1. The van der Waals surface area contributed by atoms with Gasteiger partial charge in [-0.05, 0) is 67.0 Å². The number of carbonyl (C=O) groups is 2. The van der Waals surface area contributed by atoms with Crippen molar-refractivity contribution >= 4 is 30.3 Å². The van der Waals surface area contributed by atoms with Crippen LogP contribution in [0.3, 0.4) is 0 Å². The Morgan fingerprint density at radius 2 is 1.37 bits per heavy atom. The Labute approximate surface area is 173 Å². The number of fused-ring (bicyclic) bond motifs is 1. The molecule has 1 aliphatic heterocycles. The molecular weight excluding hydrogens is 423 g/mol. The van der Waals surface area contributed by atoms with Gasteiger partial charge in [0.05, 0.1) is 5.30 Å². The molecule has 8 nitrogen and oxygen atoms in total. The fraction of sp³-hybridized carbons (Fsp3) is 0.579. The first kappa shape index (κ1) is 23.9. The summed E-state index contributed by atoms with van der Waals surface area (Å²) in [7, 11) is -3.07. The van der Waals surface area contributed by atoms with E-state index < -0.39 is 48.3 Å². The molecule has 0 atom stereocenters. The number of halogens is 2. The largest absolute Gasteiger partial charge is 0.586 e. The molecule has 11 heteroatoms. The number of ether oxygens (including phenoxy) is 4. The molecule has 1 aromatic carbocycles. The van der Waals surface area contributed by atoms with Gasteiger partial charge in [0.2, 0.25) is 0 Å². The predicted molar refractivity (Wildman–Crippen MR) is 107 cm³/mol. The molecule has 0 aromatic heterocycles. The maximum absolute atomic E-state index is 13.9. The summed E-state index contributed by atoms with van der Waals surface area (Å²) in [6, 6.07) is 2.40. The molecule has 0 aliphatic carbocycles. The highest BCUT2D eigenvalue weighted by Crippen LogP contribution is 2.52. The van der Waals surface area contributed by atoms with E-state index in [0.717, 1.165) is 6.07 Å². The van der Waals surface area contributed by atoms with Crippen LogP contribution in [0.2, 0.25) is 0 Å². The molecule has 1 heterocycles. The van der Waals surface area contributed by atoms with Crippen molar-refractivity contribution in [2.45, 2.75) is 59.0 Å². The highest BCUT2D eigenvalue weighted by molar-refractivity contribution is 7.70. The Morgan fingerprint density at radius 1 is 0.933 bits per heavy atom. The second kappa shape index (κ2) is 7.41. The Hall–Kier alpha value is -2.35. The van der Waals surface area contributed by atoms with Crippen molar-refractivity contribution < 1.29 is 41.9 Å². The van der Waals surface area contributed by atoms with Crippen LogP contribution < -0.4 is 19.7 Å². The first-order chi connectivity index (χ1) is 13.3. The lowest BCUT2D eigenvalue weighted by molar-refractivity contribution is -0.286. The van der Waals surface area contributed by atoms with Gasteiger partial charge in [0.15, 0.2) is 11.5 Å². The van der Waals surface area contributed by atoms with Crippen molar-refractivity contribution in [1.29, 1.82) is 0 Å². The minimum absolute atomic E-state index is 0.0215. The van der Waals surface area contributed by atoms with Gasteiger partial charge in [-0.3, -0.25) is 0 Å². The maximum atomic E-state index is 13.9. The highest BCUT2D eigenvalue weighted by Gasteiger charge is 2.49. The molecule has 1 aromatic rings. The molecule has 168 valence electrons. The number of benzene rings is 1. The zero-order valence-corrected chi connectivity index (χ0v) is 19.1. The van der Waals surface area contributed by atoms with Gasteiger partial charge < -0.3 is 23.5 Å². The molecular formula is C19H26F2NO7P. The van der Waals surface area contributed by atoms with Gasteiger partial charge in [-0.15, -0.1) is 8.78 Å². The molecule has 0 N–H and O–H groups in total. The van der Waals surface area contributed by atoms with Gasteiger partial charge in [-0.2, -0.15) is 4.90 Å². The summed E-state index contributed by atoms with van der Waals surface area (Å²) in [6.45, 7) is 12.2. The summed E-state index contributed by atoms with van der Waals surface area (Å²) in [5, 5.41) is -0.0215. The highest BCUT2D eigenvalue weighted by atomic mass is 31.2. The van der Waals surface area contributed by atoms with E-state index in [1.807, 2.05) is 0 Å². The predicted octanol–water partition coefficient (Wildman–Crippen LogP) is 4.93. The zero-order chi connectivity index (χ0) is 23.3. The van der Waals surface area contributed by atoms with Crippen molar-refractivity contribution in [1.82, 2.24) is 0 Å². The minimum Gasteiger partial charge on any atom is -0.443 e. The molecule has 2 rings (SSSR count). The van der Waals surface area contributed by atoms with Crippen LogP contribution in [0.25, 0.3) is 0 Å². The Balaban J connectivity index is 2.67. The molecule has 2 amide bonds. The van der Waals surface area contributed by atoms with E-state index in [1.54, 1.807) is 41.5 Å². The summed E-state index contributed by atoms with van der Waals surface area (Å²) in [4.78, 5) is 26.0. The summed E-state index contributed by atoms with van der Waals surface area (Å²) in [6.07, 6.45) is -6.40. The van der Waals surface area contributed by atoms with Crippen molar-refractivity contribution in [3.63, 3.8) is 0 Å². The van der Waals surface area contributed by atoms with Crippen LogP contribution in [0.5, 0.6) is 11.5 Å². The monoisotopic (exact) mass is 449 g/mol. The topological polar surface area (TPSA) is 91.4 Å². The maximum Gasteiger partial charge on any atom is 0.586 e. The fourth-order valence-electron chi connectivity index (χ4n) is 2.48. The van der Waals surface area contributed by atoms with Crippen LogP contribution in [0.4, 0.5) is 24.1 Å². The minimum atomic E-state index is -4.07. The number of rotatable bonds is 2. The third-order valence-electron chi connectivity index (χ3n) is 3.49.